The summed E-state index contributed by atoms with van der Waals surface area (Å²) in [6, 6.07) is 11.8. The Kier molecular flexibility index (Phi) is 8.31. The Hall–Kier alpha value is -3.21. The second-order valence-corrected chi connectivity index (χ2v) is 9.83. The normalized spacial score (nSPS) is 14.3. The zero-order valence-electron chi connectivity index (χ0n) is 20.3. The Bertz CT molecular complexity index is 1480. The number of aromatic nitrogens is 3. The summed E-state index contributed by atoms with van der Waals surface area (Å²) in [5.74, 6) is 1.52. The Morgan fingerprint density at radius 3 is 2.68 bits per heavy atom. The molecule has 1 fully saturated rings. The van der Waals surface area contributed by atoms with Gasteiger partial charge in [0.1, 0.15) is 28.5 Å². The molecule has 194 valence electrons. The minimum atomic E-state index is -0.361. The summed E-state index contributed by atoms with van der Waals surface area (Å²) < 4.78 is 20.0. The molecule has 0 spiro atoms. The zero-order chi connectivity index (χ0) is 25.2. The lowest BCUT2D eigenvalue weighted by molar-refractivity contribution is 0.263. The van der Waals surface area contributed by atoms with Crippen LogP contribution in [-0.4, -0.2) is 46.0 Å². The second-order valence-electron chi connectivity index (χ2n) is 8.97. The predicted octanol–water partition coefficient (Wildman–Crippen LogP) is 5.99. The predicted molar refractivity (Wildman–Crippen MR) is 150 cm³/mol. The van der Waals surface area contributed by atoms with E-state index >= 15 is 0 Å². The van der Waals surface area contributed by atoms with Crippen molar-refractivity contribution < 1.29 is 9.13 Å². The Balaban J connectivity index is 0.00000320. The van der Waals surface area contributed by atoms with E-state index in [1.165, 1.54) is 12.1 Å². The monoisotopic (exact) mass is 588 g/mol. The summed E-state index contributed by atoms with van der Waals surface area (Å²) in [5.41, 5.74) is 1.80. The number of nitrogens with zero attached hydrogens (tertiary/aromatic N) is 3. The summed E-state index contributed by atoms with van der Waals surface area (Å²) >= 11 is 3.51. The number of fused-ring (bicyclic) bond motifs is 1. The summed E-state index contributed by atoms with van der Waals surface area (Å²) in [7, 11) is 2.12. The molecule has 0 radical (unpaired) electrons. The van der Waals surface area contributed by atoms with E-state index in [1.807, 2.05) is 19.1 Å². The fourth-order valence-electron chi connectivity index (χ4n) is 4.24. The molecule has 1 aliphatic rings. The van der Waals surface area contributed by atoms with Crippen LogP contribution in [0.25, 0.3) is 10.9 Å². The number of hydrogen-bond donors (Lipinski definition) is 3. The molecule has 8 nitrogen and oxygen atoms in total. The van der Waals surface area contributed by atoms with Crippen molar-refractivity contribution in [3.8, 4) is 11.5 Å². The third-order valence-corrected chi connectivity index (χ3v) is 6.81. The molecule has 0 saturated carbocycles. The minimum absolute atomic E-state index is 0. The highest BCUT2D eigenvalue weighted by Crippen LogP contribution is 2.31. The Morgan fingerprint density at radius 2 is 1.95 bits per heavy atom. The fourth-order valence-corrected chi connectivity index (χ4v) is 4.65. The van der Waals surface area contributed by atoms with Crippen molar-refractivity contribution in [3.63, 3.8) is 0 Å². The molecule has 3 N–H and O–H groups in total. The lowest BCUT2D eigenvalue weighted by Gasteiger charge is -2.29. The molecular formula is C26H27BrClFN6O2. The first-order valence-corrected chi connectivity index (χ1v) is 12.5. The first kappa shape index (κ1) is 26.8. The summed E-state index contributed by atoms with van der Waals surface area (Å²) in [6.45, 7) is 3.90. The number of halogens is 3. The van der Waals surface area contributed by atoms with Crippen molar-refractivity contribution in [2.24, 2.45) is 0 Å². The largest absolute Gasteiger partial charge is 0.457 e. The number of H-pyrrole nitrogens is 1. The quantitative estimate of drug-likeness (QED) is 0.254. The van der Waals surface area contributed by atoms with E-state index in [9.17, 15) is 9.18 Å². The van der Waals surface area contributed by atoms with Crippen molar-refractivity contribution in [1.29, 1.82) is 0 Å². The third-order valence-electron chi connectivity index (χ3n) is 6.21. The average Bonchev–Trinajstić information content (AvgIpc) is 2.85. The molecule has 2 aromatic heterocycles. The van der Waals surface area contributed by atoms with E-state index in [2.05, 4.69) is 53.5 Å². The van der Waals surface area contributed by atoms with Gasteiger partial charge in [0.25, 0.3) is 5.56 Å². The van der Waals surface area contributed by atoms with Gasteiger partial charge in [-0.3, -0.25) is 4.79 Å². The van der Waals surface area contributed by atoms with Gasteiger partial charge < -0.3 is 25.3 Å². The van der Waals surface area contributed by atoms with Gasteiger partial charge >= 0.3 is 0 Å². The Morgan fingerprint density at radius 1 is 1.16 bits per heavy atom. The summed E-state index contributed by atoms with van der Waals surface area (Å²) in [5, 5.41) is 7.09. The van der Waals surface area contributed by atoms with E-state index in [0.717, 1.165) is 37.2 Å². The average molecular weight is 590 g/mol. The van der Waals surface area contributed by atoms with Crippen molar-refractivity contribution in [3.05, 3.63) is 74.9 Å². The van der Waals surface area contributed by atoms with Crippen LogP contribution in [0, 0.1) is 12.7 Å². The molecule has 1 aliphatic heterocycles. The van der Waals surface area contributed by atoms with Crippen molar-refractivity contribution in [2.75, 3.05) is 30.8 Å². The van der Waals surface area contributed by atoms with Crippen LogP contribution in [0.3, 0.4) is 0 Å². The van der Waals surface area contributed by atoms with Crippen LogP contribution in [0.2, 0.25) is 0 Å². The molecule has 0 aliphatic carbocycles. The van der Waals surface area contributed by atoms with Gasteiger partial charge in [-0.1, -0.05) is 6.07 Å². The number of aryl methyl sites for hydroxylation is 1. The minimum Gasteiger partial charge on any atom is -0.457 e. The molecule has 3 heterocycles. The van der Waals surface area contributed by atoms with Crippen LogP contribution in [0.5, 0.6) is 11.5 Å². The number of piperidine rings is 1. The molecular weight excluding hydrogens is 563 g/mol. The molecule has 4 aromatic rings. The van der Waals surface area contributed by atoms with Gasteiger partial charge in [-0.2, -0.15) is 4.98 Å². The van der Waals surface area contributed by atoms with E-state index in [1.54, 1.807) is 24.4 Å². The third kappa shape index (κ3) is 6.20. The number of pyridine rings is 1. The number of benzene rings is 2. The summed E-state index contributed by atoms with van der Waals surface area (Å²) in [6.07, 6.45) is 3.57. The van der Waals surface area contributed by atoms with Gasteiger partial charge in [-0.15, -0.1) is 12.4 Å². The van der Waals surface area contributed by atoms with Crippen molar-refractivity contribution in [1.82, 2.24) is 19.9 Å². The van der Waals surface area contributed by atoms with E-state index in [-0.39, 0.29) is 29.8 Å². The maximum Gasteiger partial charge on any atom is 0.261 e. The second kappa shape index (κ2) is 11.5. The number of ether oxygens (including phenoxy) is 1. The van der Waals surface area contributed by atoms with Gasteiger partial charge in [0.05, 0.1) is 9.99 Å². The molecule has 0 unspecified atom stereocenters. The van der Waals surface area contributed by atoms with Crippen LogP contribution < -0.4 is 20.9 Å². The first-order chi connectivity index (χ1) is 17.4. The van der Waals surface area contributed by atoms with Gasteiger partial charge in [0, 0.05) is 24.0 Å². The summed E-state index contributed by atoms with van der Waals surface area (Å²) in [4.78, 5) is 27.1. The molecule has 0 bridgehead atoms. The molecule has 0 atom stereocenters. The van der Waals surface area contributed by atoms with Gasteiger partial charge in [-0.25, -0.2) is 9.37 Å². The van der Waals surface area contributed by atoms with Crippen LogP contribution in [-0.2, 0) is 0 Å². The number of nitrogens with one attached hydrogen (secondary N) is 3. The van der Waals surface area contributed by atoms with Crippen LogP contribution in [0.4, 0.5) is 21.8 Å². The van der Waals surface area contributed by atoms with Crippen LogP contribution >= 0.6 is 28.3 Å². The van der Waals surface area contributed by atoms with Crippen LogP contribution in [0.15, 0.2) is 57.9 Å². The molecule has 1 saturated heterocycles. The maximum atomic E-state index is 13.5. The number of anilines is 3. The van der Waals surface area contributed by atoms with Gasteiger partial charge in [0.2, 0.25) is 5.95 Å². The maximum absolute atomic E-state index is 13.5. The topological polar surface area (TPSA) is 95.2 Å². The van der Waals surface area contributed by atoms with E-state index < -0.39 is 0 Å². The number of hydrogen-bond acceptors (Lipinski definition) is 7. The first-order valence-electron chi connectivity index (χ1n) is 11.7. The zero-order valence-corrected chi connectivity index (χ0v) is 22.7. The van der Waals surface area contributed by atoms with Gasteiger partial charge in [-0.05, 0) is 91.7 Å². The van der Waals surface area contributed by atoms with Crippen molar-refractivity contribution in [2.45, 2.75) is 25.8 Å². The molecule has 11 heteroatoms. The lowest BCUT2D eigenvalue weighted by Crippen LogP contribution is -2.37. The SMILES string of the molecule is Cc1cc(Nc2nc(NC3CCN(C)CC3)nc3c(Br)c[nH]c(=O)c23)ccc1Oc1cccc(F)c1.Cl. The van der Waals surface area contributed by atoms with E-state index in [4.69, 9.17) is 4.74 Å². The van der Waals surface area contributed by atoms with Crippen molar-refractivity contribution >= 4 is 56.7 Å². The standard InChI is InChI=1S/C26H26BrFN6O2.ClH/c1-15-12-18(6-7-21(15)36-19-5-3-4-16(28)13-19)30-24-22-23(20(27)14-29-25(22)35)32-26(33-24)31-17-8-10-34(2)11-9-17;/h3-7,12-14,17H,8-11H2,1-2H3,(H,29,35)(H2,30,31,32,33);1H. The molecule has 37 heavy (non-hydrogen) atoms. The molecule has 0 amide bonds. The number of aromatic amines is 1. The number of rotatable bonds is 6. The lowest BCUT2D eigenvalue weighted by atomic mass is 10.1. The fraction of sp³-hybridized carbons (Fsp3) is 0.269. The Labute approximate surface area is 228 Å². The highest BCUT2D eigenvalue weighted by Gasteiger charge is 2.20. The van der Waals surface area contributed by atoms with E-state index in [0.29, 0.717) is 38.6 Å². The molecule has 2 aromatic carbocycles. The highest BCUT2D eigenvalue weighted by atomic mass is 79.9. The number of likely N-dealkylation sites (tertiary alicyclic amines) is 1. The molecule has 5 rings (SSSR count). The van der Waals surface area contributed by atoms with Gasteiger partial charge in [0.15, 0.2) is 0 Å². The highest BCUT2D eigenvalue weighted by molar-refractivity contribution is 9.10. The van der Waals surface area contributed by atoms with Crippen LogP contribution in [0.1, 0.15) is 18.4 Å². The smallest absolute Gasteiger partial charge is 0.261 e.